The Morgan fingerprint density at radius 2 is 1.96 bits per heavy atom. The molecule has 0 fully saturated rings. The number of hydrogen-bond acceptors (Lipinski definition) is 5. The zero-order chi connectivity index (χ0) is 20.1. The summed E-state index contributed by atoms with van der Waals surface area (Å²) in [6, 6.07) is 13.1. The molecule has 0 aliphatic heterocycles. The van der Waals surface area contributed by atoms with Gasteiger partial charge < -0.3 is 14.6 Å². The Morgan fingerprint density at radius 3 is 2.64 bits per heavy atom. The fourth-order valence-corrected chi connectivity index (χ4v) is 3.65. The molecule has 0 saturated carbocycles. The van der Waals surface area contributed by atoms with Crippen molar-refractivity contribution in [3.8, 4) is 17.1 Å². The van der Waals surface area contributed by atoms with Crippen LogP contribution >= 0.6 is 23.4 Å². The number of thioether (sulfide) groups is 1. The average Bonchev–Trinajstić information content (AvgIpc) is 3.12. The monoisotopic (exact) mass is 416 g/mol. The molecule has 0 bridgehead atoms. The van der Waals surface area contributed by atoms with E-state index >= 15 is 0 Å². The fourth-order valence-electron chi connectivity index (χ4n) is 2.68. The maximum absolute atomic E-state index is 12.3. The van der Waals surface area contributed by atoms with Gasteiger partial charge in [0.15, 0.2) is 11.0 Å². The number of benzene rings is 2. The quantitative estimate of drug-likeness (QED) is 0.567. The molecule has 0 atom stereocenters. The van der Waals surface area contributed by atoms with Gasteiger partial charge in [0.1, 0.15) is 5.75 Å². The highest BCUT2D eigenvalue weighted by Crippen LogP contribution is 2.26. The molecule has 3 rings (SSSR count). The van der Waals surface area contributed by atoms with Crippen LogP contribution in [0, 0.1) is 6.92 Å². The zero-order valence-corrected chi connectivity index (χ0v) is 17.5. The molecule has 28 heavy (non-hydrogen) atoms. The van der Waals surface area contributed by atoms with E-state index in [1.54, 1.807) is 19.2 Å². The van der Waals surface area contributed by atoms with Crippen LogP contribution in [0.25, 0.3) is 11.4 Å². The first-order valence-corrected chi connectivity index (χ1v) is 10.1. The number of ether oxygens (including phenoxy) is 1. The standard InChI is InChI=1S/C20H21ClN4O2S/c1-4-25-19(14-6-9-16(27-3)10-7-14)23-24-20(25)28-12-18(26)22-17-11-15(21)8-5-13(17)2/h5-11H,4,12H2,1-3H3,(H,22,26). The summed E-state index contributed by atoms with van der Waals surface area (Å²) in [5.41, 5.74) is 2.62. The van der Waals surface area contributed by atoms with Gasteiger partial charge in [0.25, 0.3) is 0 Å². The summed E-state index contributed by atoms with van der Waals surface area (Å²) < 4.78 is 7.19. The van der Waals surface area contributed by atoms with E-state index in [0.717, 1.165) is 22.7 Å². The molecule has 0 spiro atoms. The first kappa shape index (κ1) is 20.2. The third kappa shape index (κ3) is 4.66. The van der Waals surface area contributed by atoms with E-state index in [2.05, 4.69) is 15.5 Å². The van der Waals surface area contributed by atoms with Gasteiger partial charge in [-0.15, -0.1) is 10.2 Å². The minimum absolute atomic E-state index is 0.119. The maximum Gasteiger partial charge on any atom is 0.234 e. The number of carbonyl (C=O) groups excluding carboxylic acids is 1. The van der Waals surface area contributed by atoms with E-state index in [1.165, 1.54) is 11.8 Å². The number of aryl methyl sites for hydroxylation is 1. The molecule has 2 aromatic carbocycles. The summed E-state index contributed by atoms with van der Waals surface area (Å²) in [6.45, 7) is 4.65. The number of amides is 1. The Labute approximate surface area is 173 Å². The normalized spacial score (nSPS) is 10.7. The van der Waals surface area contributed by atoms with Crippen LogP contribution in [0.3, 0.4) is 0 Å². The molecule has 3 aromatic rings. The fraction of sp³-hybridized carbons (Fsp3) is 0.250. The number of rotatable bonds is 7. The number of hydrogen-bond donors (Lipinski definition) is 1. The molecular weight excluding hydrogens is 396 g/mol. The number of nitrogens with zero attached hydrogens (tertiary/aromatic N) is 3. The lowest BCUT2D eigenvalue weighted by atomic mass is 10.2. The van der Waals surface area contributed by atoms with Crippen LogP contribution in [0.5, 0.6) is 5.75 Å². The Hall–Kier alpha value is -2.51. The molecular formula is C20H21ClN4O2S. The lowest BCUT2D eigenvalue weighted by molar-refractivity contribution is -0.113. The molecule has 1 heterocycles. The van der Waals surface area contributed by atoms with Crippen LogP contribution in [-0.2, 0) is 11.3 Å². The minimum atomic E-state index is -0.119. The van der Waals surface area contributed by atoms with Gasteiger partial charge in [0.05, 0.1) is 12.9 Å². The SMILES string of the molecule is CCn1c(SCC(=O)Nc2cc(Cl)ccc2C)nnc1-c1ccc(OC)cc1. The molecule has 0 saturated heterocycles. The van der Waals surface area contributed by atoms with Crippen LogP contribution in [-0.4, -0.2) is 33.5 Å². The largest absolute Gasteiger partial charge is 0.497 e. The molecule has 0 aliphatic carbocycles. The second-order valence-electron chi connectivity index (χ2n) is 6.08. The van der Waals surface area contributed by atoms with Gasteiger partial charge in [-0.3, -0.25) is 4.79 Å². The van der Waals surface area contributed by atoms with Crippen LogP contribution in [0.4, 0.5) is 5.69 Å². The third-order valence-corrected chi connectivity index (χ3v) is 5.39. The number of halogens is 1. The highest BCUT2D eigenvalue weighted by Gasteiger charge is 2.15. The van der Waals surface area contributed by atoms with Gasteiger partial charge in [-0.25, -0.2) is 0 Å². The topological polar surface area (TPSA) is 69.0 Å². The van der Waals surface area contributed by atoms with Crippen molar-refractivity contribution in [1.82, 2.24) is 14.8 Å². The van der Waals surface area contributed by atoms with E-state index in [-0.39, 0.29) is 11.7 Å². The van der Waals surface area contributed by atoms with Crippen molar-refractivity contribution in [1.29, 1.82) is 0 Å². The average molecular weight is 417 g/mol. The summed E-state index contributed by atoms with van der Waals surface area (Å²) >= 11 is 7.36. The smallest absolute Gasteiger partial charge is 0.234 e. The summed E-state index contributed by atoms with van der Waals surface area (Å²) in [5, 5.41) is 12.7. The number of methoxy groups -OCH3 is 1. The number of carbonyl (C=O) groups is 1. The van der Waals surface area contributed by atoms with Gasteiger partial charge in [-0.1, -0.05) is 29.4 Å². The van der Waals surface area contributed by atoms with Gasteiger partial charge in [0, 0.05) is 22.8 Å². The summed E-state index contributed by atoms with van der Waals surface area (Å²) in [5.74, 6) is 1.66. The number of anilines is 1. The Kier molecular flexibility index (Phi) is 6.59. The number of aromatic nitrogens is 3. The second-order valence-corrected chi connectivity index (χ2v) is 7.45. The van der Waals surface area contributed by atoms with Crippen molar-refractivity contribution in [3.05, 3.63) is 53.1 Å². The minimum Gasteiger partial charge on any atom is -0.497 e. The van der Waals surface area contributed by atoms with Crippen LogP contribution in [0.2, 0.25) is 5.02 Å². The molecule has 6 nitrogen and oxygen atoms in total. The van der Waals surface area contributed by atoms with Gasteiger partial charge in [-0.2, -0.15) is 0 Å². The lowest BCUT2D eigenvalue weighted by Gasteiger charge is -2.10. The first-order chi connectivity index (χ1) is 13.5. The Balaban J connectivity index is 1.69. The van der Waals surface area contributed by atoms with Gasteiger partial charge >= 0.3 is 0 Å². The van der Waals surface area contributed by atoms with Crippen molar-refractivity contribution in [2.24, 2.45) is 0 Å². The van der Waals surface area contributed by atoms with Crippen LogP contribution < -0.4 is 10.1 Å². The highest BCUT2D eigenvalue weighted by atomic mass is 35.5. The zero-order valence-electron chi connectivity index (χ0n) is 15.9. The second kappa shape index (κ2) is 9.12. The highest BCUT2D eigenvalue weighted by molar-refractivity contribution is 7.99. The first-order valence-electron chi connectivity index (χ1n) is 8.78. The molecule has 0 unspecified atom stereocenters. The molecule has 146 valence electrons. The van der Waals surface area contributed by atoms with E-state index < -0.39 is 0 Å². The third-order valence-electron chi connectivity index (χ3n) is 4.19. The maximum atomic E-state index is 12.3. The van der Waals surface area contributed by atoms with E-state index in [9.17, 15) is 4.79 Å². The summed E-state index contributed by atoms with van der Waals surface area (Å²) in [6.07, 6.45) is 0. The predicted octanol–water partition coefficient (Wildman–Crippen LogP) is 4.67. The van der Waals surface area contributed by atoms with Gasteiger partial charge in [-0.05, 0) is 55.8 Å². The molecule has 0 radical (unpaired) electrons. The van der Waals surface area contributed by atoms with Crippen LogP contribution in [0.15, 0.2) is 47.6 Å². The van der Waals surface area contributed by atoms with Gasteiger partial charge in [0.2, 0.25) is 5.91 Å². The molecule has 1 aromatic heterocycles. The lowest BCUT2D eigenvalue weighted by Crippen LogP contribution is -2.15. The molecule has 1 amide bonds. The molecule has 0 aliphatic rings. The summed E-state index contributed by atoms with van der Waals surface area (Å²) in [4.78, 5) is 12.3. The molecule has 8 heteroatoms. The van der Waals surface area contributed by atoms with Crippen molar-refractivity contribution in [2.45, 2.75) is 25.5 Å². The van der Waals surface area contributed by atoms with Crippen molar-refractivity contribution < 1.29 is 9.53 Å². The number of nitrogens with one attached hydrogen (secondary N) is 1. The molecule has 1 N–H and O–H groups in total. The van der Waals surface area contributed by atoms with Crippen molar-refractivity contribution in [3.63, 3.8) is 0 Å². The Bertz CT molecular complexity index is 973. The van der Waals surface area contributed by atoms with E-state index in [1.807, 2.05) is 48.7 Å². The predicted molar refractivity (Wildman–Crippen MR) is 113 cm³/mol. The Morgan fingerprint density at radius 1 is 1.21 bits per heavy atom. The summed E-state index contributed by atoms with van der Waals surface area (Å²) in [7, 11) is 1.63. The van der Waals surface area contributed by atoms with E-state index in [4.69, 9.17) is 16.3 Å². The van der Waals surface area contributed by atoms with Crippen molar-refractivity contribution >= 4 is 35.0 Å². The van der Waals surface area contributed by atoms with Crippen LogP contribution in [0.1, 0.15) is 12.5 Å². The van der Waals surface area contributed by atoms with Crippen molar-refractivity contribution in [2.75, 3.05) is 18.2 Å². The van der Waals surface area contributed by atoms with E-state index in [0.29, 0.717) is 22.4 Å².